The van der Waals surface area contributed by atoms with Gasteiger partial charge in [0.2, 0.25) is 5.91 Å². The van der Waals surface area contributed by atoms with Crippen LogP contribution >= 0.6 is 12.4 Å². The molecular formula is C14H28ClN3O. The zero-order chi connectivity index (χ0) is 12.8. The van der Waals surface area contributed by atoms with Crippen LogP contribution in [-0.4, -0.2) is 42.5 Å². The van der Waals surface area contributed by atoms with E-state index in [2.05, 4.69) is 10.2 Å². The molecule has 0 bridgehead atoms. The van der Waals surface area contributed by atoms with Gasteiger partial charge in [-0.25, -0.2) is 0 Å². The number of likely N-dealkylation sites (tertiary alicyclic amines) is 1. The normalized spacial score (nSPS) is 26.3. The van der Waals surface area contributed by atoms with Crippen molar-refractivity contribution in [1.29, 1.82) is 0 Å². The minimum Gasteiger partial charge on any atom is -0.352 e. The molecule has 0 radical (unpaired) electrons. The van der Waals surface area contributed by atoms with Gasteiger partial charge in [0.1, 0.15) is 0 Å². The second kappa shape index (κ2) is 8.77. The smallest absolute Gasteiger partial charge is 0.234 e. The van der Waals surface area contributed by atoms with Gasteiger partial charge in [-0.15, -0.1) is 12.4 Å². The van der Waals surface area contributed by atoms with Gasteiger partial charge in [-0.2, -0.15) is 0 Å². The third-order valence-electron chi connectivity index (χ3n) is 4.13. The number of rotatable bonds is 3. The standard InChI is InChI=1S/C14H27N3O.ClH/c15-12-6-5-9-17(10-12)11-14(18)16-13-7-3-1-2-4-8-13;/h12-13H,1-11,15H2,(H,16,18);1H/t12-;/m1./s1. The summed E-state index contributed by atoms with van der Waals surface area (Å²) in [5.74, 6) is 0.191. The number of halogens is 1. The van der Waals surface area contributed by atoms with Crippen LogP contribution in [0, 0.1) is 0 Å². The topological polar surface area (TPSA) is 58.4 Å². The summed E-state index contributed by atoms with van der Waals surface area (Å²) in [4.78, 5) is 14.2. The molecule has 1 amide bonds. The van der Waals surface area contributed by atoms with Gasteiger partial charge in [-0.3, -0.25) is 9.69 Å². The highest BCUT2D eigenvalue weighted by Crippen LogP contribution is 2.17. The Labute approximate surface area is 122 Å². The van der Waals surface area contributed by atoms with Crippen LogP contribution in [0.3, 0.4) is 0 Å². The molecule has 3 N–H and O–H groups in total. The molecule has 0 spiro atoms. The molecule has 1 heterocycles. The van der Waals surface area contributed by atoms with Gasteiger partial charge < -0.3 is 11.1 Å². The van der Waals surface area contributed by atoms with E-state index in [0.29, 0.717) is 12.6 Å². The molecule has 1 aliphatic carbocycles. The Balaban J connectivity index is 0.00000180. The van der Waals surface area contributed by atoms with Crippen LogP contribution in [0.25, 0.3) is 0 Å². The Morgan fingerprint density at radius 3 is 2.42 bits per heavy atom. The minimum atomic E-state index is 0. The van der Waals surface area contributed by atoms with Crippen LogP contribution in [0.4, 0.5) is 0 Å². The van der Waals surface area contributed by atoms with Crippen molar-refractivity contribution in [1.82, 2.24) is 10.2 Å². The Bertz CT molecular complexity index is 261. The number of carbonyl (C=O) groups excluding carboxylic acids is 1. The second-order valence-electron chi connectivity index (χ2n) is 5.89. The van der Waals surface area contributed by atoms with Crippen molar-refractivity contribution in [2.45, 2.75) is 63.5 Å². The molecule has 0 unspecified atom stereocenters. The van der Waals surface area contributed by atoms with Gasteiger partial charge in [-0.1, -0.05) is 25.7 Å². The molecule has 5 heteroatoms. The zero-order valence-electron chi connectivity index (χ0n) is 11.8. The predicted molar refractivity (Wildman–Crippen MR) is 80.5 cm³/mol. The number of carbonyl (C=O) groups is 1. The molecule has 0 aromatic rings. The van der Waals surface area contributed by atoms with E-state index in [1.54, 1.807) is 0 Å². The molecule has 4 nitrogen and oxygen atoms in total. The van der Waals surface area contributed by atoms with Gasteiger partial charge in [-0.05, 0) is 32.2 Å². The summed E-state index contributed by atoms with van der Waals surface area (Å²) in [7, 11) is 0. The monoisotopic (exact) mass is 289 g/mol. The summed E-state index contributed by atoms with van der Waals surface area (Å²) < 4.78 is 0. The predicted octanol–water partition coefficient (Wildman–Crippen LogP) is 1.67. The fourth-order valence-corrected chi connectivity index (χ4v) is 3.14. The Morgan fingerprint density at radius 2 is 1.79 bits per heavy atom. The zero-order valence-corrected chi connectivity index (χ0v) is 12.6. The van der Waals surface area contributed by atoms with Crippen molar-refractivity contribution < 1.29 is 4.79 Å². The van der Waals surface area contributed by atoms with Gasteiger partial charge in [0.15, 0.2) is 0 Å². The summed E-state index contributed by atoms with van der Waals surface area (Å²) in [5.41, 5.74) is 5.93. The van der Waals surface area contributed by atoms with Crippen LogP contribution in [-0.2, 0) is 4.79 Å². The first-order valence-corrected chi connectivity index (χ1v) is 7.51. The SMILES string of the molecule is Cl.N[C@@H]1CCCN(CC(=O)NC2CCCCCC2)C1. The molecule has 0 aromatic heterocycles. The molecular weight excluding hydrogens is 262 g/mol. The van der Waals surface area contributed by atoms with Crippen molar-refractivity contribution in [3.63, 3.8) is 0 Å². The Morgan fingerprint density at radius 1 is 1.11 bits per heavy atom. The number of hydrogen-bond donors (Lipinski definition) is 2. The van der Waals surface area contributed by atoms with E-state index in [9.17, 15) is 4.79 Å². The van der Waals surface area contributed by atoms with E-state index in [4.69, 9.17) is 5.73 Å². The lowest BCUT2D eigenvalue weighted by atomic mass is 10.1. The second-order valence-corrected chi connectivity index (χ2v) is 5.89. The van der Waals surface area contributed by atoms with E-state index in [1.165, 1.54) is 25.7 Å². The first kappa shape index (κ1) is 16.7. The van der Waals surface area contributed by atoms with Gasteiger partial charge in [0.05, 0.1) is 6.54 Å². The van der Waals surface area contributed by atoms with Crippen molar-refractivity contribution in [3.05, 3.63) is 0 Å². The molecule has 1 atom stereocenters. The lowest BCUT2D eigenvalue weighted by molar-refractivity contribution is -0.123. The van der Waals surface area contributed by atoms with Crippen LogP contribution in [0.15, 0.2) is 0 Å². The van der Waals surface area contributed by atoms with E-state index in [-0.39, 0.29) is 24.4 Å². The highest BCUT2D eigenvalue weighted by Gasteiger charge is 2.20. The molecule has 1 saturated carbocycles. The molecule has 112 valence electrons. The molecule has 2 aliphatic rings. The highest BCUT2D eigenvalue weighted by molar-refractivity contribution is 5.85. The van der Waals surface area contributed by atoms with E-state index in [1.807, 2.05) is 0 Å². The maximum Gasteiger partial charge on any atom is 0.234 e. The fraction of sp³-hybridized carbons (Fsp3) is 0.929. The summed E-state index contributed by atoms with van der Waals surface area (Å²) in [6.07, 6.45) is 9.72. The Kier molecular flexibility index (Phi) is 7.73. The summed E-state index contributed by atoms with van der Waals surface area (Å²) >= 11 is 0. The van der Waals surface area contributed by atoms with E-state index in [0.717, 1.165) is 38.8 Å². The number of nitrogens with one attached hydrogen (secondary N) is 1. The molecule has 19 heavy (non-hydrogen) atoms. The first-order chi connectivity index (χ1) is 8.74. The van der Waals surface area contributed by atoms with E-state index < -0.39 is 0 Å². The summed E-state index contributed by atoms with van der Waals surface area (Å²) in [6, 6.07) is 0.669. The third kappa shape index (κ3) is 6.11. The van der Waals surface area contributed by atoms with Crippen molar-refractivity contribution in [3.8, 4) is 0 Å². The average Bonchev–Trinajstić information content (AvgIpc) is 2.57. The molecule has 1 saturated heterocycles. The molecule has 0 aromatic carbocycles. The fourth-order valence-electron chi connectivity index (χ4n) is 3.14. The average molecular weight is 290 g/mol. The number of piperidine rings is 1. The van der Waals surface area contributed by atoms with Crippen molar-refractivity contribution >= 4 is 18.3 Å². The molecule has 2 rings (SSSR count). The first-order valence-electron chi connectivity index (χ1n) is 7.51. The van der Waals surface area contributed by atoms with Crippen molar-refractivity contribution in [2.75, 3.05) is 19.6 Å². The maximum absolute atomic E-state index is 12.0. The lowest BCUT2D eigenvalue weighted by Crippen LogP contribution is -2.48. The number of nitrogens with two attached hydrogens (primary N) is 1. The van der Waals surface area contributed by atoms with Gasteiger partial charge in [0, 0.05) is 18.6 Å². The van der Waals surface area contributed by atoms with Crippen LogP contribution in [0.1, 0.15) is 51.4 Å². The van der Waals surface area contributed by atoms with E-state index >= 15 is 0 Å². The van der Waals surface area contributed by atoms with Crippen LogP contribution in [0.5, 0.6) is 0 Å². The highest BCUT2D eigenvalue weighted by atomic mass is 35.5. The maximum atomic E-state index is 12.0. The van der Waals surface area contributed by atoms with Gasteiger partial charge >= 0.3 is 0 Å². The minimum absolute atomic E-state index is 0. The summed E-state index contributed by atoms with van der Waals surface area (Å²) in [5, 5.41) is 3.20. The quantitative estimate of drug-likeness (QED) is 0.777. The lowest BCUT2D eigenvalue weighted by Gasteiger charge is -2.30. The number of amides is 1. The molecule has 2 fully saturated rings. The van der Waals surface area contributed by atoms with Crippen molar-refractivity contribution in [2.24, 2.45) is 5.73 Å². The number of hydrogen-bond acceptors (Lipinski definition) is 3. The summed E-state index contributed by atoms with van der Waals surface area (Å²) in [6.45, 7) is 2.42. The Hall–Kier alpha value is -0.320. The molecule has 1 aliphatic heterocycles. The van der Waals surface area contributed by atoms with Crippen LogP contribution in [0.2, 0.25) is 0 Å². The van der Waals surface area contributed by atoms with Crippen LogP contribution < -0.4 is 11.1 Å². The largest absolute Gasteiger partial charge is 0.352 e. The number of nitrogens with zero attached hydrogens (tertiary/aromatic N) is 1. The third-order valence-corrected chi connectivity index (χ3v) is 4.13. The van der Waals surface area contributed by atoms with Gasteiger partial charge in [0.25, 0.3) is 0 Å².